The lowest BCUT2D eigenvalue weighted by Crippen LogP contribution is -2.63. The van der Waals surface area contributed by atoms with Crippen LogP contribution in [0.5, 0.6) is 0 Å². The van der Waals surface area contributed by atoms with E-state index in [4.69, 9.17) is 0 Å². The molecular weight excluding hydrogens is 288 g/mol. The van der Waals surface area contributed by atoms with E-state index in [0.717, 1.165) is 57.8 Å². The summed E-state index contributed by atoms with van der Waals surface area (Å²) in [5.41, 5.74) is -0.959. The van der Waals surface area contributed by atoms with E-state index >= 15 is 0 Å². The Morgan fingerprint density at radius 1 is 0.957 bits per heavy atom. The third kappa shape index (κ3) is 2.19. The van der Waals surface area contributed by atoms with Gasteiger partial charge in [0.05, 0.1) is 17.8 Å². The second-order valence-corrected chi connectivity index (χ2v) is 9.58. The number of rotatable bonds is 0. The number of hydrogen-bond donors (Lipinski definition) is 3. The lowest BCUT2D eigenvalue weighted by atomic mass is 9.48. The summed E-state index contributed by atoms with van der Waals surface area (Å²) in [6.07, 6.45) is 8.45. The third-order valence-corrected chi connectivity index (χ3v) is 8.68. The zero-order valence-corrected chi connectivity index (χ0v) is 14.7. The van der Waals surface area contributed by atoms with Gasteiger partial charge in [0.15, 0.2) is 0 Å². The molecule has 0 spiro atoms. The van der Waals surface area contributed by atoms with Crippen LogP contribution < -0.4 is 0 Å². The van der Waals surface area contributed by atoms with E-state index in [2.05, 4.69) is 13.8 Å². The number of fused-ring (bicyclic) bond motifs is 5. The van der Waals surface area contributed by atoms with Crippen molar-refractivity contribution in [3.8, 4) is 0 Å². The first-order valence-corrected chi connectivity index (χ1v) is 9.95. The van der Waals surface area contributed by atoms with Crippen LogP contribution in [0, 0.1) is 35.0 Å². The molecule has 0 amide bonds. The van der Waals surface area contributed by atoms with Gasteiger partial charge in [-0.3, -0.25) is 0 Å². The predicted molar refractivity (Wildman–Crippen MR) is 89.7 cm³/mol. The van der Waals surface area contributed by atoms with Gasteiger partial charge in [-0.25, -0.2) is 0 Å². The minimum atomic E-state index is -0.662. The average molecular weight is 322 g/mol. The molecule has 3 N–H and O–H groups in total. The molecule has 23 heavy (non-hydrogen) atoms. The van der Waals surface area contributed by atoms with Crippen LogP contribution in [0.1, 0.15) is 71.6 Å². The fourth-order valence-electron chi connectivity index (χ4n) is 7.42. The molecule has 0 aliphatic heterocycles. The Hall–Kier alpha value is -0.120. The van der Waals surface area contributed by atoms with E-state index in [9.17, 15) is 15.3 Å². The van der Waals surface area contributed by atoms with Crippen molar-refractivity contribution >= 4 is 0 Å². The molecule has 0 heterocycles. The van der Waals surface area contributed by atoms with Gasteiger partial charge in [0.1, 0.15) is 0 Å². The summed E-state index contributed by atoms with van der Waals surface area (Å²) in [6.45, 7) is 4.48. The summed E-state index contributed by atoms with van der Waals surface area (Å²) in [4.78, 5) is 0. The van der Waals surface area contributed by atoms with Crippen molar-refractivity contribution in [3.05, 3.63) is 0 Å². The largest absolute Gasteiger partial charge is 0.393 e. The maximum Gasteiger partial charge on any atom is 0.0756 e. The molecule has 4 fully saturated rings. The van der Waals surface area contributed by atoms with Gasteiger partial charge in [-0.2, -0.15) is 0 Å². The van der Waals surface area contributed by atoms with Gasteiger partial charge in [0.2, 0.25) is 0 Å². The van der Waals surface area contributed by atoms with Crippen LogP contribution in [0.25, 0.3) is 0 Å². The molecule has 8 unspecified atom stereocenters. The monoisotopic (exact) mass is 322 g/mol. The van der Waals surface area contributed by atoms with Gasteiger partial charge >= 0.3 is 0 Å². The molecule has 4 aliphatic carbocycles. The summed E-state index contributed by atoms with van der Waals surface area (Å²) in [5.74, 6) is 2.57. The van der Waals surface area contributed by atoms with Crippen LogP contribution >= 0.6 is 0 Å². The smallest absolute Gasteiger partial charge is 0.0756 e. The molecule has 0 aromatic carbocycles. The second kappa shape index (κ2) is 5.44. The fraction of sp³-hybridized carbons (Fsp3) is 1.00. The summed E-state index contributed by atoms with van der Waals surface area (Å²) in [7, 11) is 0. The quantitative estimate of drug-likeness (QED) is 0.642. The van der Waals surface area contributed by atoms with Crippen molar-refractivity contribution in [1.82, 2.24) is 0 Å². The molecule has 0 aromatic rings. The maximum atomic E-state index is 11.6. The van der Waals surface area contributed by atoms with Crippen LogP contribution in [0.3, 0.4) is 0 Å². The van der Waals surface area contributed by atoms with E-state index in [1.807, 2.05) is 0 Å². The molecule has 4 aliphatic rings. The van der Waals surface area contributed by atoms with E-state index in [1.165, 1.54) is 0 Å². The van der Waals surface area contributed by atoms with E-state index < -0.39 is 5.60 Å². The molecule has 0 radical (unpaired) electrons. The zero-order chi connectivity index (χ0) is 16.4. The second-order valence-electron chi connectivity index (χ2n) is 9.58. The molecule has 4 rings (SSSR count). The summed E-state index contributed by atoms with van der Waals surface area (Å²) >= 11 is 0. The molecule has 0 saturated heterocycles. The van der Waals surface area contributed by atoms with Gasteiger partial charge in [0.25, 0.3) is 0 Å². The SMILES string of the molecule is CC1CCC(O)CC2CCC3C(CC(O)[C@@]4(C)CCCC34O)C12. The van der Waals surface area contributed by atoms with Crippen molar-refractivity contribution in [2.45, 2.75) is 89.4 Å². The number of aliphatic hydroxyl groups excluding tert-OH is 2. The normalized spacial score (nSPS) is 59.6. The van der Waals surface area contributed by atoms with Gasteiger partial charge in [-0.05, 0) is 87.4 Å². The molecular formula is C20H34O3. The lowest BCUT2D eigenvalue weighted by molar-refractivity contribution is -0.220. The van der Waals surface area contributed by atoms with E-state index in [1.54, 1.807) is 0 Å². The van der Waals surface area contributed by atoms with Crippen LogP contribution in [-0.4, -0.2) is 33.1 Å². The highest BCUT2D eigenvalue weighted by Crippen LogP contribution is 2.64. The van der Waals surface area contributed by atoms with E-state index in [-0.39, 0.29) is 17.6 Å². The lowest BCUT2D eigenvalue weighted by Gasteiger charge is -2.60. The minimum Gasteiger partial charge on any atom is -0.393 e. The standard InChI is InChI=1S/C20H34O3/c1-12-4-6-14(21)10-13-5-7-16-15(18(12)13)11-17(22)19(2)8-3-9-20(16,19)23/h12-18,21-23H,3-11H2,1-2H3/t12?,13?,14?,15?,16?,17?,18?,19-,20?/m1/s1. The van der Waals surface area contributed by atoms with Crippen LogP contribution in [0.15, 0.2) is 0 Å². The van der Waals surface area contributed by atoms with Crippen LogP contribution in [0.4, 0.5) is 0 Å². The highest BCUT2D eigenvalue weighted by molar-refractivity contribution is 5.15. The predicted octanol–water partition coefficient (Wildman–Crippen LogP) is 3.11. The van der Waals surface area contributed by atoms with Crippen LogP contribution in [-0.2, 0) is 0 Å². The fourth-order valence-corrected chi connectivity index (χ4v) is 7.42. The summed E-state index contributed by atoms with van der Waals surface area (Å²) < 4.78 is 0. The zero-order valence-electron chi connectivity index (χ0n) is 14.7. The molecule has 132 valence electrons. The Kier molecular flexibility index (Phi) is 3.87. The maximum absolute atomic E-state index is 11.6. The Bertz CT molecular complexity index is 466. The molecule has 3 heteroatoms. The highest BCUT2D eigenvalue weighted by Gasteiger charge is 2.65. The number of aliphatic hydroxyl groups is 3. The van der Waals surface area contributed by atoms with Gasteiger partial charge in [0, 0.05) is 5.41 Å². The highest BCUT2D eigenvalue weighted by atomic mass is 16.3. The number of hydrogen-bond acceptors (Lipinski definition) is 3. The van der Waals surface area contributed by atoms with E-state index in [0.29, 0.717) is 29.6 Å². The summed E-state index contributed by atoms with van der Waals surface area (Å²) in [6, 6.07) is 0. The first-order valence-electron chi connectivity index (χ1n) is 9.95. The van der Waals surface area contributed by atoms with Gasteiger partial charge < -0.3 is 15.3 Å². The minimum absolute atomic E-state index is 0.141. The van der Waals surface area contributed by atoms with Gasteiger partial charge in [-0.15, -0.1) is 0 Å². The Labute approximate surface area is 140 Å². The van der Waals surface area contributed by atoms with Gasteiger partial charge in [-0.1, -0.05) is 13.8 Å². The molecule has 9 atom stereocenters. The van der Waals surface area contributed by atoms with Crippen molar-refractivity contribution in [2.24, 2.45) is 35.0 Å². The average Bonchev–Trinajstić information content (AvgIpc) is 2.74. The van der Waals surface area contributed by atoms with Crippen LogP contribution in [0.2, 0.25) is 0 Å². The third-order valence-electron chi connectivity index (χ3n) is 8.68. The summed E-state index contributed by atoms with van der Waals surface area (Å²) in [5, 5.41) is 32.8. The topological polar surface area (TPSA) is 60.7 Å². The van der Waals surface area contributed by atoms with Crippen molar-refractivity contribution < 1.29 is 15.3 Å². The first-order chi connectivity index (χ1) is 10.9. The Balaban J connectivity index is 1.69. The molecule has 0 aromatic heterocycles. The van der Waals surface area contributed by atoms with Crippen molar-refractivity contribution in [1.29, 1.82) is 0 Å². The molecule has 4 saturated carbocycles. The molecule has 0 bridgehead atoms. The van der Waals surface area contributed by atoms with Crippen molar-refractivity contribution in [2.75, 3.05) is 0 Å². The Morgan fingerprint density at radius 2 is 1.74 bits per heavy atom. The molecule has 3 nitrogen and oxygen atoms in total. The first kappa shape index (κ1) is 16.4. The van der Waals surface area contributed by atoms with Crippen molar-refractivity contribution in [3.63, 3.8) is 0 Å². The Morgan fingerprint density at radius 3 is 2.52 bits per heavy atom.